The third kappa shape index (κ3) is 26.1. The zero-order valence-corrected chi connectivity index (χ0v) is 70.0. The van der Waals surface area contributed by atoms with E-state index < -0.39 is 105 Å². The molecule has 0 radical (unpaired) electrons. The molecular weight excluding hydrogens is 1320 g/mol. The quantitative estimate of drug-likeness (QED) is 0.0263. The summed E-state index contributed by atoms with van der Waals surface area (Å²) in [6.07, 6.45) is 1.45. The Morgan fingerprint density at radius 2 is 0.362 bits per heavy atom. The molecular formula is C90H134O15. The van der Waals surface area contributed by atoms with Crippen LogP contribution in [0.4, 0.5) is 0 Å². The van der Waals surface area contributed by atoms with Gasteiger partial charge in [-0.15, -0.1) is 0 Å². The van der Waals surface area contributed by atoms with E-state index in [2.05, 4.69) is 41.5 Å². The zero-order chi connectivity index (χ0) is 80.7. The van der Waals surface area contributed by atoms with Gasteiger partial charge in [0.1, 0.15) is 60.6 Å². The van der Waals surface area contributed by atoms with Crippen molar-refractivity contribution in [2.24, 2.45) is 5.41 Å². The minimum absolute atomic E-state index is 0.0629. The Balaban J connectivity index is 0.00000100. The maximum Gasteiger partial charge on any atom is 0.306 e. The summed E-state index contributed by atoms with van der Waals surface area (Å²) in [6.45, 7) is 59.0. The fourth-order valence-electron chi connectivity index (χ4n) is 12.6. The molecule has 0 heterocycles. The van der Waals surface area contributed by atoms with Crippen molar-refractivity contribution in [3.8, 4) is 28.7 Å². The van der Waals surface area contributed by atoms with Gasteiger partial charge >= 0.3 is 29.8 Å². The summed E-state index contributed by atoms with van der Waals surface area (Å²) in [5.41, 5.74) is 7.00. The highest BCUT2D eigenvalue weighted by Gasteiger charge is 2.40. The largest absolute Gasteiger partial charge is 0.507 e. The summed E-state index contributed by atoms with van der Waals surface area (Å²) in [5, 5.41) is 65.1. The van der Waals surface area contributed by atoms with Crippen molar-refractivity contribution in [3.63, 3.8) is 0 Å². The predicted molar refractivity (Wildman–Crippen MR) is 423 cm³/mol. The highest BCUT2D eigenvalue weighted by atomic mass is 16.6. The van der Waals surface area contributed by atoms with Crippen molar-refractivity contribution in [2.75, 3.05) is 26.4 Å². The zero-order valence-electron chi connectivity index (χ0n) is 70.0. The molecule has 0 aliphatic heterocycles. The molecule has 0 saturated heterocycles. The van der Waals surface area contributed by atoms with Gasteiger partial charge in [-0.2, -0.15) is 0 Å². The second-order valence-electron chi connectivity index (χ2n) is 39.7. The summed E-state index contributed by atoms with van der Waals surface area (Å²) in [7, 11) is 0. The minimum Gasteiger partial charge on any atom is -0.507 e. The molecule has 0 unspecified atom stereocenters. The van der Waals surface area contributed by atoms with Crippen molar-refractivity contribution in [1.29, 1.82) is 0 Å². The maximum absolute atomic E-state index is 14.1. The smallest absolute Gasteiger partial charge is 0.306 e. The number of hydrogen-bond donors (Lipinski definition) is 6. The minimum atomic E-state index is -1.58. The molecule has 584 valence electrons. The molecule has 5 aromatic rings. The molecule has 0 aliphatic carbocycles. The number of phenolic OH excluding ortho intramolecular Hbond substituents is 5. The first-order valence-electron chi connectivity index (χ1n) is 37.6. The first-order valence-corrected chi connectivity index (χ1v) is 37.6. The van der Waals surface area contributed by atoms with Crippen molar-refractivity contribution in [3.05, 3.63) is 144 Å². The number of aryl methyl sites for hydroxylation is 5. The van der Waals surface area contributed by atoms with Crippen LogP contribution < -0.4 is 0 Å². The normalized spacial score (nSPS) is 13.0. The molecule has 5 rings (SSSR count). The van der Waals surface area contributed by atoms with Crippen LogP contribution in [-0.4, -0.2) is 86.9 Å². The molecule has 0 aromatic heterocycles. The topological polar surface area (TPSA) is 244 Å². The third-order valence-electron chi connectivity index (χ3n) is 19.2. The Morgan fingerprint density at radius 3 is 0.476 bits per heavy atom. The number of benzene rings is 5. The van der Waals surface area contributed by atoms with E-state index in [0.717, 1.165) is 83.5 Å². The van der Waals surface area contributed by atoms with Crippen molar-refractivity contribution >= 4 is 29.8 Å². The molecule has 105 heavy (non-hydrogen) atoms. The number of phenols is 5. The highest BCUT2D eigenvalue weighted by molar-refractivity contribution is 5.72. The molecule has 5 aromatic carbocycles. The third-order valence-corrected chi connectivity index (χ3v) is 19.2. The van der Waals surface area contributed by atoms with Gasteiger partial charge in [0.15, 0.2) is 0 Å². The molecule has 0 amide bonds. The van der Waals surface area contributed by atoms with Crippen molar-refractivity contribution in [1.82, 2.24) is 0 Å². The number of carboxylic acid groups (broad SMARTS) is 1. The van der Waals surface area contributed by atoms with E-state index in [1.54, 1.807) is 0 Å². The summed E-state index contributed by atoms with van der Waals surface area (Å²) in [6, 6.07) is 19.2. The Bertz CT molecular complexity index is 3290. The van der Waals surface area contributed by atoms with Crippen LogP contribution in [0.15, 0.2) is 60.7 Å². The van der Waals surface area contributed by atoms with Gasteiger partial charge in [-0.05, 0) is 170 Å². The van der Waals surface area contributed by atoms with E-state index in [9.17, 15) is 49.5 Å². The SMILES string of the molecule is CC(C)(C)c1cc(CCC(=O)O)cc(C(C)(C)C)c1O.CC(C)(C)c1cc(CCC(=O)OCC(COC(=O)CCc2cc(C(C)(C)C)c(O)c(C(C)(C)C)c2)(COC(=O)CCc2cc(C(C)(C)C)c(O)c(C(C)(C)C)c2)COC(=O)CCc2cc(C(C)(C)C)c(O)c(C(C)(C)C)c2)cc(C(C)(C)C)c1O. The summed E-state index contributed by atoms with van der Waals surface area (Å²) < 4.78 is 24.4. The van der Waals surface area contributed by atoms with Crippen LogP contribution in [0.1, 0.15) is 323 Å². The second-order valence-corrected chi connectivity index (χ2v) is 39.7. The first kappa shape index (κ1) is 89.8. The van der Waals surface area contributed by atoms with Gasteiger partial charge in [0, 0.05) is 32.1 Å². The van der Waals surface area contributed by atoms with E-state index >= 15 is 0 Å². The number of carboxylic acids is 1. The summed E-state index contributed by atoms with van der Waals surface area (Å²) in [5.74, 6) is -1.95. The molecule has 0 aliphatic rings. The standard InChI is InChI=1S/C73H108O12.C17H26O3/c1-65(2,3)49-33-45(34-50(61(49)78)66(4,5)6)25-29-57(74)82-41-73(42-83-58(75)30-26-46-35-51(67(7,8)9)62(79)52(36-46)68(10,11)12,43-84-59(76)31-27-47-37-53(69(13,14)15)63(80)54(38-47)70(16,17)18)44-85-60(77)32-28-48-39-55(71(19,20)21)64(81)56(40-48)72(22,23)24;1-16(2,3)12-9-11(7-8-14(18)19)10-13(15(12)20)17(4,5)6/h33-40,78-81H,25-32,41-44H2,1-24H3;9-10,20H,7-8H2,1-6H3,(H,18,19). The van der Waals surface area contributed by atoms with Gasteiger partial charge in [-0.25, -0.2) is 0 Å². The monoisotopic (exact) mass is 1450 g/mol. The molecule has 0 spiro atoms. The average Bonchev–Trinajstić information content (AvgIpc) is 0.809. The Kier molecular flexibility index (Phi) is 28.8. The van der Waals surface area contributed by atoms with Crippen molar-refractivity contribution < 1.29 is 73.6 Å². The second kappa shape index (κ2) is 33.7. The lowest BCUT2D eigenvalue weighted by Gasteiger charge is -2.32. The van der Waals surface area contributed by atoms with E-state index in [4.69, 9.17) is 24.1 Å². The number of esters is 4. The molecule has 15 heteroatoms. The average molecular weight is 1460 g/mol. The predicted octanol–water partition coefficient (Wildman–Crippen LogP) is 19.9. The summed E-state index contributed by atoms with van der Waals surface area (Å²) >= 11 is 0. The summed E-state index contributed by atoms with van der Waals surface area (Å²) in [4.78, 5) is 67.1. The number of carbonyl (C=O) groups excluding carboxylic acids is 4. The Hall–Kier alpha value is -7.55. The number of ether oxygens (including phenoxy) is 4. The number of carbonyl (C=O) groups is 5. The maximum atomic E-state index is 14.1. The van der Waals surface area contributed by atoms with E-state index in [-0.39, 0.29) is 91.6 Å². The van der Waals surface area contributed by atoms with Gasteiger partial charge in [0.2, 0.25) is 0 Å². The van der Waals surface area contributed by atoms with E-state index in [0.29, 0.717) is 12.2 Å². The van der Waals surface area contributed by atoms with Gasteiger partial charge in [0.25, 0.3) is 0 Å². The lowest BCUT2D eigenvalue weighted by atomic mass is 9.78. The van der Waals surface area contributed by atoms with Crippen LogP contribution in [0.25, 0.3) is 0 Å². The fraction of sp³-hybridized carbons (Fsp3) is 0.611. The van der Waals surface area contributed by atoms with Gasteiger partial charge < -0.3 is 49.6 Å². The molecule has 0 saturated carbocycles. The lowest BCUT2D eigenvalue weighted by molar-refractivity contribution is -0.170. The Labute approximate surface area is 631 Å². The highest BCUT2D eigenvalue weighted by Crippen LogP contribution is 2.46. The first-order chi connectivity index (χ1) is 47.4. The Morgan fingerprint density at radius 1 is 0.238 bits per heavy atom. The molecule has 0 bridgehead atoms. The van der Waals surface area contributed by atoms with E-state index in [1.165, 1.54) is 0 Å². The molecule has 0 fully saturated rings. The van der Waals surface area contributed by atoms with Gasteiger partial charge in [0.05, 0.1) is 0 Å². The fourth-order valence-corrected chi connectivity index (χ4v) is 12.6. The number of aliphatic carboxylic acids is 1. The lowest BCUT2D eigenvalue weighted by Crippen LogP contribution is -2.44. The molecule has 0 atom stereocenters. The number of aromatic hydroxyl groups is 5. The van der Waals surface area contributed by atoms with Gasteiger partial charge in [-0.3, -0.25) is 24.0 Å². The molecule has 6 N–H and O–H groups in total. The van der Waals surface area contributed by atoms with E-state index in [1.807, 2.05) is 227 Å². The number of hydrogen-bond acceptors (Lipinski definition) is 14. The van der Waals surface area contributed by atoms with Crippen LogP contribution >= 0.6 is 0 Å². The van der Waals surface area contributed by atoms with Crippen LogP contribution in [0.5, 0.6) is 28.7 Å². The van der Waals surface area contributed by atoms with Gasteiger partial charge in [-0.1, -0.05) is 268 Å². The molecule has 15 nitrogen and oxygen atoms in total. The van der Waals surface area contributed by atoms with Crippen LogP contribution in [0.3, 0.4) is 0 Å². The van der Waals surface area contributed by atoms with Crippen molar-refractivity contribution in [2.45, 2.75) is 326 Å². The van der Waals surface area contributed by atoms with Crippen LogP contribution in [0, 0.1) is 5.41 Å². The van der Waals surface area contributed by atoms with Crippen LogP contribution in [-0.2, 0) is 129 Å². The number of rotatable bonds is 23. The van der Waals surface area contributed by atoms with Crippen LogP contribution in [0.2, 0.25) is 0 Å².